The predicted molar refractivity (Wildman–Crippen MR) is 72.6 cm³/mol. The van der Waals surface area contributed by atoms with Crippen LogP contribution in [-0.2, 0) is 12.8 Å². The number of fused-ring (bicyclic) bond motifs is 1. The minimum absolute atomic E-state index is 0.0745. The molecule has 1 atom stereocenters. The number of halogens is 1. The van der Waals surface area contributed by atoms with Gasteiger partial charge < -0.3 is 10.3 Å². The van der Waals surface area contributed by atoms with E-state index in [9.17, 15) is 0 Å². The van der Waals surface area contributed by atoms with Gasteiger partial charge in [-0.05, 0) is 37.0 Å². The summed E-state index contributed by atoms with van der Waals surface area (Å²) >= 11 is 6.01. The number of imidazole rings is 1. The van der Waals surface area contributed by atoms with Crippen molar-refractivity contribution in [2.45, 2.75) is 31.8 Å². The Kier molecular flexibility index (Phi) is 3.10. The van der Waals surface area contributed by atoms with E-state index in [1.165, 1.54) is 11.3 Å². The van der Waals surface area contributed by atoms with Crippen LogP contribution in [0.25, 0.3) is 0 Å². The summed E-state index contributed by atoms with van der Waals surface area (Å²) in [6.07, 6.45) is 6.09. The second-order valence-electron chi connectivity index (χ2n) is 4.80. The van der Waals surface area contributed by atoms with Crippen molar-refractivity contribution in [3.63, 3.8) is 0 Å². The van der Waals surface area contributed by atoms with Crippen LogP contribution < -0.4 is 5.73 Å². The van der Waals surface area contributed by atoms with Gasteiger partial charge in [-0.25, -0.2) is 4.98 Å². The van der Waals surface area contributed by atoms with Gasteiger partial charge in [0.05, 0.1) is 6.17 Å². The number of rotatable bonds is 2. The average molecular weight is 262 g/mol. The van der Waals surface area contributed by atoms with Crippen LogP contribution in [0.4, 0.5) is 0 Å². The molecule has 0 fully saturated rings. The molecule has 94 valence electrons. The zero-order valence-electron chi connectivity index (χ0n) is 10.1. The van der Waals surface area contributed by atoms with Gasteiger partial charge in [-0.1, -0.05) is 23.7 Å². The molecule has 0 aliphatic carbocycles. The van der Waals surface area contributed by atoms with E-state index < -0.39 is 0 Å². The summed E-state index contributed by atoms with van der Waals surface area (Å²) in [6, 6.07) is 7.91. The SMILES string of the molecule is NC1CCCc2cnc(Cc3cccc(Cl)c3)n21. The largest absolute Gasteiger partial charge is 0.316 e. The van der Waals surface area contributed by atoms with E-state index in [0.29, 0.717) is 0 Å². The number of nitrogens with zero attached hydrogens (tertiary/aromatic N) is 2. The van der Waals surface area contributed by atoms with Gasteiger partial charge in [-0.3, -0.25) is 0 Å². The molecule has 0 radical (unpaired) electrons. The Morgan fingerprint density at radius 2 is 2.33 bits per heavy atom. The predicted octanol–water partition coefficient (Wildman–Crippen LogP) is 2.92. The Bertz CT molecular complexity index is 562. The molecular weight excluding hydrogens is 246 g/mol. The topological polar surface area (TPSA) is 43.8 Å². The van der Waals surface area contributed by atoms with Gasteiger partial charge in [0.25, 0.3) is 0 Å². The van der Waals surface area contributed by atoms with Gasteiger partial charge in [0.2, 0.25) is 0 Å². The molecule has 0 amide bonds. The normalized spacial score (nSPS) is 18.7. The van der Waals surface area contributed by atoms with Gasteiger partial charge in [0.1, 0.15) is 5.82 Å². The van der Waals surface area contributed by atoms with Crippen molar-refractivity contribution in [1.29, 1.82) is 0 Å². The van der Waals surface area contributed by atoms with E-state index in [1.807, 2.05) is 24.4 Å². The zero-order chi connectivity index (χ0) is 12.5. The Morgan fingerprint density at radius 3 is 3.17 bits per heavy atom. The molecule has 2 N–H and O–H groups in total. The summed E-state index contributed by atoms with van der Waals surface area (Å²) in [5.41, 5.74) is 8.60. The molecule has 3 rings (SSSR count). The van der Waals surface area contributed by atoms with E-state index in [1.54, 1.807) is 0 Å². The highest BCUT2D eigenvalue weighted by atomic mass is 35.5. The van der Waals surface area contributed by atoms with Crippen molar-refractivity contribution >= 4 is 11.6 Å². The number of hydrogen-bond donors (Lipinski definition) is 1. The maximum atomic E-state index is 6.17. The minimum Gasteiger partial charge on any atom is -0.316 e. The molecule has 1 aromatic carbocycles. The van der Waals surface area contributed by atoms with Crippen LogP contribution in [0.5, 0.6) is 0 Å². The number of benzene rings is 1. The van der Waals surface area contributed by atoms with Crippen LogP contribution in [0.15, 0.2) is 30.5 Å². The summed E-state index contributed by atoms with van der Waals surface area (Å²) in [6.45, 7) is 0. The van der Waals surface area contributed by atoms with E-state index in [0.717, 1.165) is 36.5 Å². The summed E-state index contributed by atoms with van der Waals surface area (Å²) in [5, 5.41) is 0.766. The number of aryl methyl sites for hydroxylation is 1. The van der Waals surface area contributed by atoms with E-state index in [-0.39, 0.29) is 6.17 Å². The fourth-order valence-corrected chi connectivity index (χ4v) is 2.82. The third-order valence-electron chi connectivity index (χ3n) is 3.47. The Balaban J connectivity index is 1.92. The maximum absolute atomic E-state index is 6.17. The molecule has 1 aliphatic rings. The highest BCUT2D eigenvalue weighted by Gasteiger charge is 2.20. The highest BCUT2D eigenvalue weighted by molar-refractivity contribution is 6.30. The second-order valence-corrected chi connectivity index (χ2v) is 5.24. The molecule has 1 aromatic heterocycles. The van der Waals surface area contributed by atoms with Crippen LogP contribution in [0.1, 0.15) is 36.1 Å². The van der Waals surface area contributed by atoms with Gasteiger partial charge in [0, 0.05) is 23.3 Å². The Labute approximate surface area is 112 Å². The van der Waals surface area contributed by atoms with Crippen LogP contribution in [0.2, 0.25) is 5.02 Å². The van der Waals surface area contributed by atoms with E-state index in [4.69, 9.17) is 17.3 Å². The van der Waals surface area contributed by atoms with Crippen LogP contribution in [0.3, 0.4) is 0 Å². The zero-order valence-corrected chi connectivity index (χ0v) is 10.9. The Hall–Kier alpha value is -1.32. The fraction of sp³-hybridized carbons (Fsp3) is 0.357. The molecule has 2 heterocycles. The first-order chi connectivity index (χ1) is 8.74. The van der Waals surface area contributed by atoms with E-state index in [2.05, 4.69) is 15.6 Å². The number of hydrogen-bond acceptors (Lipinski definition) is 2. The van der Waals surface area contributed by atoms with Crippen LogP contribution in [-0.4, -0.2) is 9.55 Å². The van der Waals surface area contributed by atoms with Crippen molar-refractivity contribution in [2.75, 3.05) is 0 Å². The molecule has 3 nitrogen and oxygen atoms in total. The number of aromatic nitrogens is 2. The molecular formula is C14H16ClN3. The molecule has 1 unspecified atom stereocenters. The minimum atomic E-state index is 0.0745. The fourth-order valence-electron chi connectivity index (χ4n) is 2.61. The molecule has 0 spiro atoms. The standard InChI is InChI=1S/C14H16ClN3/c15-11-4-1-3-10(7-11)8-14-17-9-12-5-2-6-13(16)18(12)14/h1,3-4,7,9,13H,2,5-6,8,16H2. The molecule has 18 heavy (non-hydrogen) atoms. The summed E-state index contributed by atoms with van der Waals surface area (Å²) in [7, 11) is 0. The molecule has 4 heteroatoms. The smallest absolute Gasteiger partial charge is 0.114 e. The first-order valence-corrected chi connectivity index (χ1v) is 6.67. The molecule has 0 bridgehead atoms. The lowest BCUT2D eigenvalue weighted by atomic mass is 10.1. The summed E-state index contributed by atoms with van der Waals surface area (Å²) in [4.78, 5) is 4.51. The van der Waals surface area contributed by atoms with Crippen molar-refractivity contribution in [3.8, 4) is 0 Å². The van der Waals surface area contributed by atoms with Crippen molar-refractivity contribution in [2.24, 2.45) is 5.73 Å². The first kappa shape index (κ1) is 11.8. The quantitative estimate of drug-likeness (QED) is 0.903. The monoisotopic (exact) mass is 261 g/mol. The van der Waals surface area contributed by atoms with Crippen LogP contribution >= 0.6 is 11.6 Å². The van der Waals surface area contributed by atoms with Gasteiger partial charge in [-0.15, -0.1) is 0 Å². The van der Waals surface area contributed by atoms with Gasteiger partial charge >= 0.3 is 0 Å². The lowest BCUT2D eigenvalue weighted by Gasteiger charge is -2.23. The summed E-state index contributed by atoms with van der Waals surface area (Å²) in [5.74, 6) is 1.04. The van der Waals surface area contributed by atoms with E-state index >= 15 is 0 Å². The first-order valence-electron chi connectivity index (χ1n) is 6.29. The third kappa shape index (κ3) is 2.16. The van der Waals surface area contributed by atoms with Crippen molar-refractivity contribution in [1.82, 2.24) is 9.55 Å². The maximum Gasteiger partial charge on any atom is 0.114 e. The van der Waals surface area contributed by atoms with Crippen molar-refractivity contribution < 1.29 is 0 Å². The Morgan fingerprint density at radius 1 is 1.44 bits per heavy atom. The molecule has 1 aliphatic heterocycles. The third-order valence-corrected chi connectivity index (χ3v) is 3.70. The molecule has 0 saturated carbocycles. The summed E-state index contributed by atoms with van der Waals surface area (Å²) < 4.78 is 2.18. The highest BCUT2D eigenvalue weighted by Crippen LogP contribution is 2.24. The van der Waals surface area contributed by atoms with Crippen LogP contribution in [0, 0.1) is 0 Å². The lowest BCUT2D eigenvalue weighted by Crippen LogP contribution is -2.26. The van der Waals surface area contributed by atoms with Gasteiger partial charge in [-0.2, -0.15) is 0 Å². The average Bonchev–Trinajstić information content (AvgIpc) is 2.74. The van der Waals surface area contributed by atoms with Gasteiger partial charge in [0.15, 0.2) is 0 Å². The van der Waals surface area contributed by atoms with Crippen molar-refractivity contribution in [3.05, 3.63) is 52.6 Å². The lowest BCUT2D eigenvalue weighted by molar-refractivity contribution is 0.403. The molecule has 2 aromatic rings. The second kappa shape index (κ2) is 4.75. The number of nitrogens with two attached hydrogens (primary N) is 1. The molecule has 0 saturated heterocycles.